The first-order valence-electron chi connectivity index (χ1n) is 4.48. The molecule has 0 amide bonds. The molecule has 0 aliphatic heterocycles. The van der Waals surface area contributed by atoms with Gasteiger partial charge < -0.3 is 4.42 Å². The number of hydrogen-bond acceptors (Lipinski definition) is 3. The Morgan fingerprint density at radius 1 is 1.62 bits per heavy atom. The maximum Gasteiger partial charge on any atom is 0.117 e. The lowest BCUT2D eigenvalue weighted by molar-refractivity contribution is 0.261. The molecule has 0 aromatic carbocycles. The van der Waals surface area contributed by atoms with Gasteiger partial charge in [0, 0.05) is 13.0 Å². The monoisotopic (exact) mass is 178 g/mol. The van der Waals surface area contributed by atoms with E-state index in [9.17, 15) is 0 Å². The lowest BCUT2D eigenvalue weighted by Gasteiger charge is -2.16. The van der Waals surface area contributed by atoms with Crippen LogP contribution in [-0.2, 0) is 6.54 Å². The van der Waals surface area contributed by atoms with Crippen molar-refractivity contribution in [2.75, 3.05) is 13.1 Å². The van der Waals surface area contributed by atoms with E-state index in [4.69, 9.17) is 9.68 Å². The number of nitriles is 1. The molecule has 0 N–H and O–H groups in total. The van der Waals surface area contributed by atoms with Crippen LogP contribution in [0.1, 0.15) is 19.1 Å². The van der Waals surface area contributed by atoms with Crippen LogP contribution < -0.4 is 0 Å². The second kappa shape index (κ2) is 5.39. The minimum atomic E-state index is 0.578. The van der Waals surface area contributed by atoms with E-state index in [0.717, 1.165) is 25.4 Å². The van der Waals surface area contributed by atoms with Crippen molar-refractivity contribution in [3.05, 3.63) is 24.2 Å². The number of furan rings is 1. The highest BCUT2D eigenvalue weighted by molar-refractivity contribution is 4.97. The number of hydrogen-bond donors (Lipinski definition) is 0. The molecule has 0 saturated heterocycles. The minimum absolute atomic E-state index is 0.578. The largest absolute Gasteiger partial charge is 0.468 e. The summed E-state index contributed by atoms with van der Waals surface area (Å²) in [6.45, 7) is 4.64. The lowest BCUT2D eigenvalue weighted by atomic mass is 10.3. The summed E-state index contributed by atoms with van der Waals surface area (Å²) in [5.74, 6) is 0.958. The zero-order chi connectivity index (χ0) is 9.52. The van der Waals surface area contributed by atoms with Crippen molar-refractivity contribution in [2.45, 2.75) is 19.9 Å². The molecule has 3 nitrogen and oxygen atoms in total. The normalized spacial score (nSPS) is 10.2. The van der Waals surface area contributed by atoms with E-state index >= 15 is 0 Å². The molecule has 1 heterocycles. The summed E-state index contributed by atoms with van der Waals surface area (Å²) in [5.41, 5.74) is 0. The zero-order valence-electron chi connectivity index (χ0n) is 7.86. The van der Waals surface area contributed by atoms with E-state index in [1.54, 1.807) is 6.26 Å². The first-order valence-corrected chi connectivity index (χ1v) is 4.48. The summed E-state index contributed by atoms with van der Waals surface area (Å²) < 4.78 is 5.22. The van der Waals surface area contributed by atoms with Crippen LogP contribution in [0.4, 0.5) is 0 Å². The molecule has 0 unspecified atom stereocenters. The van der Waals surface area contributed by atoms with E-state index in [-0.39, 0.29) is 0 Å². The molecule has 1 rings (SSSR count). The van der Waals surface area contributed by atoms with Gasteiger partial charge in [0.25, 0.3) is 0 Å². The molecule has 13 heavy (non-hydrogen) atoms. The van der Waals surface area contributed by atoms with Crippen LogP contribution in [0, 0.1) is 11.3 Å². The third-order valence-electron chi connectivity index (χ3n) is 1.95. The summed E-state index contributed by atoms with van der Waals surface area (Å²) in [6, 6.07) is 5.98. The van der Waals surface area contributed by atoms with Crippen molar-refractivity contribution in [3.63, 3.8) is 0 Å². The number of nitrogens with zero attached hydrogens (tertiary/aromatic N) is 2. The molecule has 0 bridgehead atoms. The predicted octanol–water partition coefficient (Wildman–Crippen LogP) is 2.02. The first-order chi connectivity index (χ1) is 6.36. The summed E-state index contributed by atoms with van der Waals surface area (Å²) in [4.78, 5) is 2.18. The maximum absolute atomic E-state index is 8.44. The summed E-state index contributed by atoms with van der Waals surface area (Å²) in [5, 5.41) is 8.44. The van der Waals surface area contributed by atoms with Gasteiger partial charge in [-0.1, -0.05) is 6.92 Å². The van der Waals surface area contributed by atoms with Crippen LogP contribution in [0.15, 0.2) is 22.8 Å². The van der Waals surface area contributed by atoms with Crippen molar-refractivity contribution < 1.29 is 4.42 Å². The third kappa shape index (κ3) is 3.30. The standard InChI is InChI=1S/C10H14N2O/c1-2-12(7-4-6-11)9-10-5-3-8-13-10/h3,5,8H,2,4,7,9H2,1H3. The second-order valence-corrected chi connectivity index (χ2v) is 2.86. The molecule has 0 radical (unpaired) electrons. The Labute approximate surface area is 78.6 Å². The average Bonchev–Trinajstić information content (AvgIpc) is 2.64. The van der Waals surface area contributed by atoms with Gasteiger partial charge in [-0.15, -0.1) is 0 Å². The maximum atomic E-state index is 8.44. The van der Waals surface area contributed by atoms with Gasteiger partial charge in [-0.3, -0.25) is 4.90 Å². The Morgan fingerprint density at radius 3 is 3.00 bits per heavy atom. The van der Waals surface area contributed by atoms with E-state index in [1.807, 2.05) is 12.1 Å². The van der Waals surface area contributed by atoms with E-state index in [1.165, 1.54) is 0 Å². The van der Waals surface area contributed by atoms with Gasteiger partial charge in [0.15, 0.2) is 0 Å². The SMILES string of the molecule is CCN(CCC#N)Cc1ccco1. The molecule has 70 valence electrons. The molecular formula is C10H14N2O. The van der Waals surface area contributed by atoms with E-state index in [0.29, 0.717) is 6.42 Å². The summed E-state index contributed by atoms with van der Waals surface area (Å²) in [6.07, 6.45) is 2.25. The van der Waals surface area contributed by atoms with Crippen LogP contribution in [0.3, 0.4) is 0 Å². The van der Waals surface area contributed by atoms with Crippen molar-refractivity contribution in [2.24, 2.45) is 0 Å². The zero-order valence-corrected chi connectivity index (χ0v) is 7.86. The molecule has 3 heteroatoms. The van der Waals surface area contributed by atoms with Crippen molar-refractivity contribution in [3.8, 4) is 6.07 Å². The molecule has 0 saturated carbocycles. The topological polar surface area (TPSA) is 40.2 Å². The molecule has 0 fully saturated rings. The predicted molar refractivity (Wildman–Crippen MR) is 49.9 cm³/mol. The van der Waals surface area contributed by atoms with Gasteiger partial charge in [0.1, 0.15) is 5.76 Å². The Morgan fingerprint density at radius 2 is 2.46 bits per heavy atom. The molecule has 1 aromatic rings. The van der Waals surface area contributed by atoms with E-state index < -0.39 is 0 Å². The van der Waals surface area contributed by atoms with Crippen LogP contribution >= 0.6 is 0 Å². The molecule has 0 atom stereocenters. The van der Waals surface area contributed by atoms with Gasteiger partial charge in [0.05, 0.1) is 18.9 Å². The van der Waals surface area contributed by atoms with Crippen molar-refractivity contribution >= 4 is 0 Å². The minimum Gasteiger partial charge on any atom is -0.468 e. The molecule has 0 spiro atoms. The van der Waals surface area contributed by atoms with E-state index in [2.05, 4.69) is 17.9 Å². The second-order valence-electron chi connectivity index (χ2n) is 2.86. The number of rotatable bonds is 5. The van der Waals surface area contributed by atoms with Gasteiger partial charge in [-0.05, 0) is 18.7 Å². The lowest BCUT2D eigenvalue weighted by Crippen LogP contribution is -2.23. The van der Waals surface area contributed by atoms with Crippen molar-refractivity contribution in [1.29, 1.82) is 5.26 Å². The molecule has 0 aliphatic rings. The highest BCUT2D eigenvalue weighted by atomic mass is 16.3. The molecule has 1 aromatic heterocycles. The van der Waals surface area contributed by atoms with Crippen LogP contribution in [0.25, 0.3) is 0 Å². The van der Waals surface area contributed by atoms with Gasteiger partial charge in [-0.2, -0.15) is 5.26 Å². The Bertz CT molecular complexity index is 261. The summed E-state index contributed by atoms with van der Waals surface area (Å²) in [7, 11) is 0. The fourth-order valence-electron chi connectivity index (χ4n) is 1.18. The highest BCUT2D eigenvalue weighted by Gasteiger charge is 2.04. The van der Waals surface area contributed by atoms with Gasteiger partial charge >= 0.3 is 0 Å². The van der Waals surface area contributed by atoms with Gasteiger partial charge in [-0.25, -0.2) is 0 Å². The summed E-state index contributed by atoms with van der Waals surface area (Å²) >= 11 is 0. The molecule has 0 aliphatic carbocycles. The molecular weight excluding hydrogens is 164 g/mol. The van der Waals surface area contributed by atoms with Crippen LogP contribution in [0.5, 0.6) is 0 Å². The van der Waals surface area contributed by atoms with Crippen LogP contribution in [-0.4, -0.2) is 18.0 Å². The highest BCUT2D eigenvalue weighted by Crippen LogP contribution is 2.05. The fraction of sp³-hybridized carbons (Fsp3) is 0.500. The van der Waals surface area contributed by atoms with Crippen molar-refractivity contribution in [1.82, 2.24) is 4.90 Å². The Hall–Kier alpha value is -1.27. The Kier molecular flexibility index (Phi) is 4.07. The van der Waals surface area contributed by atoms with Crippen LogP contribution in [0.2, 0.25) is 0 Å². The quantitative estimate of drug-likeness (QED) is 0.692. The Balaban J connectivity index is 2.36. The fourth-order valence-corrected chi connectivity index (χ4v) is 1.18. The third-order valence-corrected chi connectivity index (χ3v) is 1.95. The first kappa shape index (κ1) is 9.82. The smallest absolute Gasteiger partial charge is 0.117 e. The average molecular weight is 178 g/mol. The van der Waals surface area contributed by atoms with Gasteiger partial charge in [0.2, 0.25) is 0 Å².